The van der Waals surface area contributed by atoms with Crippen molar-refractivity contribution in [1.82, 2.24) is 5.32 Å². The van der Waals surface area contributed by atoms with Crippen LogP contribution in [0.1, 0.15) is 43.0 Å². The summed E-state index contributed by atoms with van der Waals surface area (Å²) in [6.07, 6.45) is 5.41. The average Bonchev–Trinajstić information content (AvgIpc) is 2.48. The van der Waals surface area contributed by atoms with Crippen molar-refractivity contribution in [3.05, 3.63) is 29.8 Å². The standard InChI is InChI=1S/C16H21NO3/c1-12-5-2-3-8-15(12)17-16(19)11-20-14-7-4-6-13(9-14)10-18/h4,6-7,9-10,12,15H,2-3,5,8,11H2,1H3,(H,17,19)/t12-,15+/m1/s1. The number of carbonyl (C=O) groups excluding carboxylic acids is 2. The third-order valence-electron chi connectivity index (χ3n) is 3.82. The number of aldehydes is 1. The largest absolute Gasteiger partial charge is 0.484 e. The van der Waals surface area contributed by atoms with Crippen LogP contribution in [0.25, 0.3) is 0 Å². The normalized spacial score (nSPS) is 22.1. The van der Waals surface area contributed by atoms with Gasteiger partial charge in [0.15, 0.2) is 6.61 Å². The summed E-state index contributed by atoms with van der Waals surface area (Å²) < 4.78 is 5.42. The molecule has 108 valence electrons. The molecule has 0 heterocycles. The first-order valence-electron chi connectivity index (χ1n) is 7.16. The van der Waals surface area contributed by atoms with Crippen molar-refractivity contribution in [2.24, 2.45) is 5.92 Å². The summed E-state index contributed by atoms with van der Waals surface area (Å²) in [6, 6.07) is 7.07. The van der Waals surface area contributed by atoms with Crippen molar-refractivity contribution in [1.29, 1.82) is 0 Å². The SMILES string of the molecule is C[C@@H]1CCCC[C@@H]1NC(=O)COc1cccc(C=O)c1. The lowest BCUT2D eigenvalue weighted by Gasteiger charge is -2.29. The van der Waals surface area contributed by atoms with Crippen LogP contribution < -0.4 is 10.1 Å². The van der Waals surface area contributed by atoms with Gasteiger partial charge >= 0.3 is 0 Å². The number of hydrogen-bond donors (Lipinski definition) is 1. The van der Waals surface area contributed by atoms with Gasteiger partial charge in [-0.1, -0.05) is 31.9 Å². The highest BCUT2D eigenvalue weighted by atomic mass is 16.5. The first kappa shape index (κ1) is 14.6. The monoisotopic (exact) mass is 275 g/mol. The summed E-state index contributed by atoms with van der Waals surface area (Å²) in [5.41, 5.74) is 0.545. The van der Waals surface area contributed by atoms with Gasteiger partial charge < -0.3 is 10.1 Å². The molecule has 1 N–H and O–H groups in total. The van der Waals surface area contributed by atoms with Crippen molar-refractivity contribution in [2.75, 3.05) is 6.61 Å². The molecule has 1 saturated carbocycles. The van der Waals surface area contributed by atoms with Crippen molar-refractivity contribution in [2.45, 2.75) is 38.6 Å². The molecule has 0 unspecified atom stereocenters. The summed E-state index contributed by atoms with van der Waals surface area (Å²) in [5.74, 6) is 0.979. The Balaban J connectivity index is 1.80. The topological polar surface area (TPSA) is 55.4 Å². The Morgan fingerprint density at radius 1 is 1.40 bits per heavy atom. The zero-order valence-electron chi connectivity index (χ0n) is 11.8. The van der Waals surface area contributed by atoms with E-state index in [1.54, 1.807) is 24.3 Å². The molecule has 1 aromatic carbocycles. The zero-order chi connectivity index (χ0) is 14.4. The molecule has 1 fully saturated rings. The third kappa shape index (κ3) is 4.08. The number of ether oxygens (including phenoxy) is 1. The number of hydrogen-bond acceptors (Lipinski definition) is 3. The Labute approximate surface area is 119 Å². The summed E-state index contributed by atoms with van der Waals surface area (Å²) >= 11 is 0. The van der Waals surface area contributed by atoms with Gasteiger partial charge in [-0.25, -0.2) is 0 Å². The molecule has 1 aliphatic carbocycles. The lowest BCUT2D eigenvalue weighted by Crippen LogP contribution is -2.43. The molecule has 1 amide bonds. The van der Waals surface area contributed by atoms with Crippen LogP contribution in [0.5, 0.6) is 5.75 Å². The minimum Gasteiger partial charge on any atom is -0.484 e. The molecule has 1 aromatic rings. The van der Waals surface area contributed by atoms with E-state index >= 15 is 0 Å². The average molecular weight is 275 g/mol. The second-order valence-electron chi connectivity index (χ2n) is 5.41. The van der Waals surface area contributed by atoms with Crippen molar-refractivity contribution < 1.29 is 14.3 Å². The first-order valence-corrected chi connectivity index (χ1v) is 7.16. The summed E-state index contributed by atoms with van der Waals surface area (Å²) in [5, 5.41) is 3.03. The van der Waals surface area contributed by atoms with Gasteiger partial charge in [-0.15, -0.1) is 0 Å². The van der Waals surface area contributed by atoms with E-state index in [0.717, 1.165) is 12.7 Å². The number of rotatable bonds is 5. The van der Waals surface area contributed by atoms with Gasteiger partial charge in [-0.3, -0.25) is 9.59 Å². The van der Waals surface area contributed by atoms with Crippen molar-refractivity contribution in [3.8, 4) is 5.75 Å². The highest BCUT2D eigenvalue weighted by molar-refractivity contribution is 5.78. The molecule has 0 saturated heterocycles. The lowest BCUT2D eigenvalue weighted by molar-refractivity contribution is -0.124. The van der Waals surface area contributed by atoms with Gasteiger partial charge in [0.1, 0.15) is 12.0 Å². The fourth-order valence-corrected chi connectivity index (χ4v) is 2.61. The molecule has 1 aliphatic rings. The molecule has 2 atom stereocenters. The fourth-order valence-electron chi connectivity index (χ4n) is 2.61. The minimum absolute atomic E-state index is 0.00840. The van der Waals surface area contributed by atoms with Gasteiger partial charge in [0, 0.05) is 11.6 Å². The smallest absolute Gasteiger partial charge is 0.258 e. The van der Waals surface area contributed by atoms with Crippen LogP contribution in [-0.2, 0) is 4.79 Å². The van der Waals surface area contributed by atoms with Gasteiger partial charge in [0.2, 0.25) is 0 Å². The maximum absolute atomic E-state index is 11.9. The molecule has 4 nitrogen and oxygen atoms in total. The molecule has 0 bridgehead atoms. The van der Waals surface area contributed by atoms with Crippen LogP contribution >= 0.6 is 0 Å². The van der Waals surface area contributed by atoms with Crippen molar-refractivity contribution >= 4 is 12.2 Å². The maximum atomic E-state index is 11.9. The quantitative estimate of drug-likeness (QED) is 0.840. The first-order chi connectivity index (χ1) is 9.69. The van der Waals surface area contributed by atoms with Crippen LogP contribution in [0.4, 0.5) is 0 Å². The van der Waals surface area contributed by atoms with E-state index < -0.39 is 0 Å². The number of amides is 1. The second-order valence-corrected chi connectivity index (χ2v) is 5.41. The highest BCUT2D eigenvalue weighted by Gasteiger charge is 2.22. The maximum Gasteiger partial charge on any atom is 0.258 e. The van der Waals surface area contributed by atoms with Gasteiger partial charge in [0.05, 0.1) is 0 Å². The molecule has 0 aromatic heterocycles. The van der Waals surface area contributed by atoms with Crippen LogP contribution in [0.2, 0.25) is 0 Å². The lowest BCUT2D eigenvalue weighted by atomic mass is 9.86. The van der Waals surface area contributed by atoms with Gasteiger partial charge in [0.25, 0.3) is 5.91 Å². The molecule has 4 heteroatoms. The second kappa shape index (κ2) is 7.08. The van der Waals surface area contributed by atoms with Gasteiger partial charge in [-0.05, 0) is 30.9 Å². The van der Waals surface area contributed by atoms with E-state index in [2.05, 4.69) is 12.2 Å². The molecular weight excluding hydrogens is 254 g/mol. The summed E-state index contributed by atoms with van der Waals surface area (Å²) in [4.78, 5) is 22.5. The molecule has 20 heavy (non-hydrogen) atoms. The molecule has 0 spiro atoms. The summed E-state index contributed by atoms with van der Waals surface area (Å²) in [6.45, 7) is 2.17. The van der Waals surface area contributed by atoms with E-state index in [-0.39, 0.29) is 18.6 Å². The molecule has 2 rings (SSSR count). The van der Waals surface area contributed by atoms with E-state index in [1.807, 2.05) is 0 Å². The minimum atomic E-state index is -0.0970. The zero-order valence-corrected chi connectivity index (χ0v) is 11.8. The number of carbonyl (C=O) groups is 2. The van der Waals surface area contributed by atoms with Crippen molar-refractivity contribution in [3.63, 3.8) is 0 Å². The summed E-state index contributed by atoms with van der Waals surface area (Å²) in [7, 11) is 0. The molecular formula is C16H21NO3. The Morgan fingerprint density at radius 3 is 2.95 bits per heavy atom. The number of nitrogens with one attached hydrogen (secondary N) is 1. The molecule has 0 aliphatic heterocycles. The third-order valence-corrected chi connectivity index (χ3v) is 3.82. The number of benzene rings is 1. The van der Waals surface area contributed by atoms with Crippen LogP contribution in [0, 0.1) is 5.92 Å². The Kier molecular flexibility index (Phi) is 5.16. The highest BCUT2D eigenvalue weighted by Crippen LogP contribution is 2.23. The van der Waals surface area contributed by atoms with E-state index in [9.17, 15) is 9.59 Å². The predicted molar refractivity (Wildman–Crippen MR) is 76.9 cm³/mol. The Hall–Kier alpha value is -1.84. The van der Waals surface area contributed by atoms with E-state index in [0.29, 0.717) is 17.2 Å². The van der Waals surface area contributed by atoms with E-state index in [1.165, 1.54) is 19.3 Å². The van der Waals surface area contributed by atoms with E-state index in [4.69, 9.17) is 4.74 Å². The van der Waals surface area contributed by atoms with Crippen LogP contribution in [0.15, 0.2) is 24.3 Å². The molecule has 0 radical (unpaired) electrons. The van der Waals surface area contributed by atoms with Gasteiger partial charge in [-0.2, -0.15) is 0 Å². The Morgan fingerprint density at radius 2 is 2.20 bits per heavy atom. The predicted octanol–water partition coefficient (Wildman–Crippen LogP) is 2.57. The fraction of sp³-hybridized carbons (Fsp3) is 0.500. The van der Waals surface area contributed by atoms with Crippen LogP contribution in [0.3, 0.4) is 0 Å². The van der Waals surface area contributed by atoms with Crippen LogP contribution in [-0.4, -0.2) is 24.8 Å². The Bertz CT molecular complexity index is 473.